The maximum Gasteiger partial charge on any atom is 0.335 e. The van der Waals surface area contributed by atoms with Crippen molar-refractivity contribution < 1.29 is 21.3 Å². The van der Waals surface area contributed by atoms with E-state index in [1.165, 1.54) is 0 Å². The normalized spacial score (nSPS) is 15.6. The van der Waals surface area contributed by atoms with Crippen molar-refractivity contribution in [2.24, 2.45) is 5.92 Å². The van der Waals surface area contributed by atoms with Crippen molar-refractivity contribution in [3.05, 3.63) is 5.89 Å². The number of nitrogens with zero attached hydrogens (tertiary/aromatic N) is 2. The standard InChI is InChI=1S/C12H23N3O5S2/c1-5-7-8-22(18,19)15-10(9(3)6-2)11-13-14-12(20-11)21(4,16)17/h9-10,15H,5-8H2,1-4H3/t9-,10+/m1/s1. The van der Waals surface area contributed by atoms with E-state index in [2.05, 4.69) is 14.9 Å². The lowest BCUT2D eigenvalue weighted by Crippen LogP contribution is -2.34. The number of sulfonamides is 1. The fourth-order valence-corrected chi connectivity index (χ4v) is 3.66. The summed E-state index contributed by atoms with van der Waals surface area (Å²) in [6.45, 7) is 5.63. The Bertz CT molecular complexity index is 681. The van der Waals surface area contributed by atoms with E-state index < -0.39 is 31.1 Å². The molecule has 1 rings (SSSR count). The lowest BCUT2D eigenvalue weighted by molar-refractivity contribution is 0.312. The first-order valence-electron chi connectivity index (χ1n) is 7.14. The van der Waals surface area contributed by atoms with Gasteiger partial charge in [0.1, 0.15) is 6.04 Å². The molecule has 1 aromatic heterocycles. The maximum absolute atomic E-state index is 12.1. The molecule has 8 nitrogen and oxygen atoms in total. The Balaban J connectivity index is 3.07. The molecule has 0 saturated heterocycles. The fraction of sp³-hybridized carbons (Fsp3) is 0.833. The molecule has 0 aromatic carbocycles. The minimum atomic E-state index is -3.62. The molecule has 0 saturated carbocycles. The van der Waals surface area contributed by atoms with E-state index in [0.29, 0.717) is 12.8 Å². The smallest absolute Gasteiger partial charge is 0.335 e. The second kappa shape index (κ2) is 7.51. The summed E-state index contributed by atoms with van der Waals surface area (Å²) < 4.78 is 54.6. The Morgan fingerprint density at radius 2 is 1.82 bits per heavy atom. The van der Waals surface area contributed by atoms with Crippen LogP contribution in [0.25, 0.3) is 0 Å². The predicted octanol–water partition coefficient (Wildman–Crippen LogP) is 1.28. The quantitative estimate of drug-likeness (QED) is 0.710. The Kier molecular flexibility index (Phi) is 6.50. The highest BCUT2D eigenvalue weighted by molar-refractivity contribution is 7.90. The van der Waals surface area contributed by atoms with Gasteiger partial charge < -0.3 is 4.42 Å². The van der Waals surface area contributed by atoms with Crippen LogP contribution in [0.2, 0.25) is 0 Å². The molecular formula is C12H23N3O5S2. The van der Waals surface area contributed by atoms with Gasteiger partial charge in [0.15, 0.2) is 0 Å². The number of nitrogens with one attached hydrogen (secondary N) is 1. The Hall–Kier alpha value is -1.00. The number of sulfone groups is 1. The number of hydrogen-bond acceptors (Lipinski definition) is 7. The number of hydrogen-bond donors (Lipinski definition) is 1. The third-order valence-electron chi connectivity index (χ3n) is 3.29. The molecule has 0 aliphatic carbocycles. The van der Waals surface area contributed by atoms with E-state index in [9.17, 15) is 16.8 Å². The first-order chi connectivity index (χ1) is 10.1. The Morgan fingerprint density at radius 3 is 2.27 bits per heavy atom. The summed E-state index contributed by atoms with van der Waals surface area (Å²) in [6, 6.07) is -0.741. The molecule has 1 aromatic rings. The molecule has 0 spiro atoms. The Morgan fingerprint density at radius 1 is 1.18 bits per heavy atom. The molecule has 0 bridgehead atoms. The van der Waals surface area contributed by atoms with Crippen LogP contribution in [0.4, 0.5) is 0 Å². The van der Waals surface area contributed by atoms with Gasteiger partial charge >= 0.3 is 5.22 Å². The van der Waals surface area contributed by atoms with Gasteiger partial charge in [-0.3, -0.25) is 0 Å². The molecule has 1 N–H and O–H groups in total. The van der Waals surface area contributed by atoms with Crippen molar-refractivity contribution in [3.8, 4) is 0 Å². The number of unbranched alkanes of at least 4 members (excludes halogenated alkanes) is 1. The summed E-state index contributed by atoms with van der Waals surface area (Å²) in [5.74, 6) is -0.150. The van der Waals surface area contributed by atoms with Crippen LogP contribution >= 0.6 is 0 Å². The topological polar surface area (TPSA) is 119 Å². The molecule has 0 radical (unpaired) electrons. The van der Waals surface area contributed by atoms with Gasteiger partial charge in [-0.15, -0.1) is 5.10 Å². The third-order valence-corrected chi connectivity index (χ3v) is 5.53. The SMILES string of the molecule is CCCCS(=O)(=O)N[C@H](c1nnc(S(C)(=O)=O)o1)[C@H](C)CC. The van der Waals surface area contributed by atoms with Gasteiger partial charge in [0.2, 0.25) is 25.8 Å². The van der Waals surface area contributed by atoms with Crippen LogP contribution < -0.4 is 4.72 Å². The molecule has 0 aliphatic rings. The monoisotopic (exact) mass is 353 g/mol. The van der Waals surface area contributed by atoms with E-state index in [0.717, 1.165) is 12.7 Å². The van der Waals surface area contributed by atoms with E-state index in [1.807, 2.05) is 20.8 Å². The second-order valence-electron chi connectivity index (χ2n) is 5.33. The minimum Gasteiger partial charge on any atom is -0.411 e. The van der Waals surface area contributed by atoms with E-state index >= 15 is 0 Å². The molecule has 0 fully saturated rings. The maximum atomic E-state index is 12.1. The highest BCUT2D eigenvalue weighted by atomic mass is 32.2. The van der Waals surface area contributed by atoms with Crippen LogP contribution in [0.5, 0.6) is 0 Å². The fourth-order valence-electron chi connectivity index (χ4n) is 1.73. The summed E-state index contributed by atoms with van der Waals surface area (Å²) in [4.78, 5) is 0. The van der Waals surface area contributed by atoms with Gasteiger partial charge in [-0.1, -0.05) is 38.7 Å². The third kappa shape index (κ3) is 5.33. The summed E-state index contributed by atoms with van der Waals surface area (Å²) in [5, 5.41) is 6.66. The van der Waals surface area contributed by atoms with Gasteiger partial charge in [0.25, 0.3) is 0 Å². The van der Waals surface area contributed by atoms with Crippen LogP contribution in [0.1, 0.15) is 52.0 Å². The van der Waals surface area contributed by atoms with Crippen LogP contribution in [-0.4, -0.2) is 39.0 Å². The first-order valence-corrected chi connectivity index (χ1v) is 10.7. The van der Waals surface area contributed by atoms with Crippen molar-refractivity contribution in [1.29, 1.82) is 0 Å². The summed E-state index contributed by atoms with van der Waals surface area (Å²) in [7, 11) is -7.12. The number of rotatable bonds is 9. The van der Waals surface area contributed by atoms with Crippen LogP contribution in [0, 0.1) is 5.92 Å². The summed E-state index contributed by atoms with van der Waals surface area (Å²) >= 11 is 0. The molecule has 22 heavy (non-hydrogen) atoms. The van der Waals surface area contributed by atoms with Crippen LogP contribution in [0.3, 0.4) is 0 Å². The molecule has 1 heterocycles. The first kappa shape index (κ1) is 19.0. The highest BCUT2D eigenvalue weighted by Crippen LogP contribution is 2.25. The van der Waals surface area contributed by atoms with Gasteiger partial charge in [0.05, 0.1) is 5.75 Å². The zero-order valence-electron chi connectivity index (χ0n) is 13.2. The largest absolute Gasteiger partial charge is 0.411 e. The average molecular weight is 353 g/mol. The van der Waals surface area contributed by atoms with E-state index in [4.69, 9.17) is 4.42 Å². The molecule has 2 atom stereocenters. The second-order valence-corrected chi connectivity index (χ2v) is 9.10. The van der Waals surface area contributed by atoms with Crippen molar-refractivity contribution in [2.45, 2.75) is 51.3 Å². The van der Waals surface area contributed by atoms with E-state index in [1.54, 1.807) is 0 Å². The molecular weight excluding hydrogens is 330 g/mol. The zero-order valence-corrected chi connectivity index (χ0v) is 14.9. The van der Waals surface area contributed by atoms with Crippen molar-refractivity contribution >= 4 is 19.9 Å². The Labute approximate surface area is 131 Å². The molecule has 0 unspecified atom stereocenters. The molecule has 0 amide bonds. The van der Waals surface area contributed by atoms with E-state index in [-0.39, 0.29) is 17.6 Å². The number of aromatic nitrogens is 2. The lowest BCUT2D eigenvalue weighted by Gasteiger charge is -2.20. The van der Waals surface area contributed by atoms with Crippen molar-refractivity contribution in [3.63, 3.8) is 0 Å². The summed E-state index contributed by atoms with van der Waals surface area (Å²) in [5.41, 5.74) is 0. The van der Waals surface area contributed by atoms with Crippen molar-refractivity contribution in [2.75, 3.05) is 12.0 Å². The van der Waals surface area contributed by atoms with Gasteiger partial charge in [-0.25, -0.2) is 21.6 Å². The summed E-state index contributed by atoms with van der Waals surface area (Å²) in [6.07, 6.45) is 2.92. The highest BCUT2D eigenvalue weighted by Gasteiger charge is 2.29. The van der Waals surface area contributed by atoms with Gasteiger partial charge in [-0.2, -0.15) is 0 Å². The van der Waals surface area contributed by atoms with Crippen LogP contribution in [-0.2, 0) is 19.9 Å². The lowest BCUT2D eigenvalue weighted by atomic mass is 10.0. The van der Waals surface area contributed by atoms with Gasteiger partial charge in [-0.05, 0) is 12.3 Å². The van der Waals surface area contributed by atoms with Gasteiger partial charge in [0, 0.05) is 6.26 Å². The molecule has 10 heteroatoms. The van der Waals surface area contributed by atoms with Crippen LogP contribution in [0.15, 0.2) is 9.64 Å². The molecule has 0 aliphatic heterocycles. The van der Waals surface area contributed by atoms with Crippen molar-refractivity contribution in [1.82, 2.24) is 14.9 Å². The average Bonchev–Trinajstić information content (AvgIpc) is 2.91. The molecule has 128 valence electrons. The zero-order chi connectivity index (χ0) is 17.0. The minimum absolute atomic E-state index is 0.00348. The predicted molar refractivity (Wildman–Crippen MR) is 81.4 cm³/mol.